The summed E-state index contributed by atoms with van der Waals surface area (Å²) in [7, 11) is 0. The van der Waals surface area contributed by atoms with E-state index in [9.17, 15) is 0 Å². The molecule has 0 aliphatic heterocycles. The van der Waals surface area contributed by atoms with Crippen LogP contribution in [0.4, 0.5) is 0 Å². The zero-order valence-electron chi connectivity index (χ0n) is 9.41. The van der Waals surface area contributed by atoms with Crippen molar-refractivity contribution in [1.82, 2.24) is 4.90 Å². The Hall–Kier alpha value is 1.39. The van der Waals surface area contributed by atoms with Gasteiger partial charge in [-0.25, -0.2) is 0 Å². The van der Waals surface area contributed by atoms with E-state index >= 15 is 0 Å². The van der Waals surface area contributed by atoms with E-state index in [1.807, 2.05) is 0 Å². The van der Waals surface area contributed by atoms with Crippen molar-refractivity contribution in [3.8, 4) is 0 Å². The fraction of sp³-hybridized carbons (Fsp3) is 1.00. The third kappa shape index (κ3) is 38.2. The van der Waals surface area contributed by atoms with Crippen LogP contribution in [0, 0.1) is 0 Å². The summed E-state index contributed by atoms with van der Waals surface area (Å²) in [6.45, 7) is 1.75. The molecule has 0 aromatic heterocycles. The van der Waals surface area contributed by atoms with Gasteiger partial charge in [-0.3, -0.25) is 9.11 Å². The quantitative estimate of drug-likeness (QED) is 0.320. The van der Waals surface area contributed by atoms with Gasteiger partial charge >= 0.3 is 46.6 Å². The van der Waals surface area contributed by atoms with E-state index in [4.69, 9.17) is 28.6 Å². The molecule has 1 radical (unpaired) electrons. The molecular weight excluding hydrogens is 317 g/mol. The van der Waals surface area contributed by atoms with Gasteiger partial charge in [-0.15, -0.1) is 11.4 Å². The first kappa shape index (κ1) is 31.0. The maximum Gasteiger partial charge on any atom is 2.00 e. The van der Waals surface area contributed by atoms with Crippen molar-refractivity contribution in [2.45, 2.75) is 0 Å². The molecule has 0 atom stereocenters. The summed E-state index contributed by atoms with van der Waals surface area (Å²) in [6.07, 6.45) is 0. The molecule has 0 rings (SSSR count). The summed E-state index contributed by atoms with van der Waals surface area (Å²) in [6, 6.07) is 0. The molecule has 4 N–H and O–H groups in total. The Morgan fingerprint density at radius 3 is 1.24 bits per heavy atom. The molecule has 0 fully saturated rings. The van der Waals surface area contributed by atoms with Crippen molar-refractivity contribution >= 4 is 11.4 Å². The molecule has 17 heavy (non-hydrogen) atoms. The van der Waals surface area contributed by atoms with Gasteiger partial charge in [0.15, 0.2) is 0 Å². The fourth-order valence-electron chi connectivity index (χ4n) is 0.760. The number of rotatable bonds is 6. The van der Waals surface area contributed by atoms with Crippen LogP contribution in [0.25, 0.3) is 0 Å². The predicted octanol–water partition coefficient (Wildman–Crippen LogP) is -5.91. The molecular formula is C6H16CuNNaO7S. The van der Waals surface area contributed by atoms with Crippen LogP contribution in [0.1, 0.15) is 0 Å². The van der Waals surface area contributed by atoms with Gasteiger partial charge in [0.1, 0.15) is 0 Å². The molecule has 11 heteroatoms. The average molecular weight is 333 g/mol. The van der Waals surface area contributed by atoms with E-state index in [0.29, 0.717) is 19.6 Å². The van der Waals surface area contributed by atoms with Crippen LogP contribution in [0.15, 0.2) is 0 Å². The van der Waals surface area contributed by atoms with E-state index in [1.165, 1.54) is 0 Å². The molecule has 0 aliphatic carbocycles. The zero-order chi connectivity index (χ0) is 11.4. The summed E-state index contributed by atoms with van der Waals surface area (Å²) in [4.78, 5) is 1.79. The third-order valence-electron chi connectivity index (χ3n) is 1.25. The van der Waals surface area contributed by atoms with Crippen LogP contribution in [0.2, 0.25) is 0 Å². The van der Waals surface area contributed by atoms with E-state index in [1.54, 1.807) is 4.90 Å². The van der Waals surface area contributed by atoms with Gasteiger partial charge in [0.2, 0.25) is 0 Å². The van der Waals surface area contributed by atoms with E-state index in [2.05, 4.69) is 0 Å². The standard InChI is InChI=1S/C6H15NO3.Cu.Na.H2O3S.H2O/c8-4-1-7(2-5-9)3-6-10;;;1-4(2)3;/h8-10H,1-6H2;;;(H2,1,2,3);1H2/q;+2;+1;;/p-3. The minimum Gasteiger partial charge on any atom is -0.870 e. The molecule has 0 saturated carbocycles. The molecule has 105 valence electrons. The fourth-order valence-corrected chi connectivity index (χ4v) is 0.760. The third-order valence-corrected chi connectivity index (χ3v) is 1.25. The second kappa shape index (κ2) is 26.1. The van der Waals surface area contributed by atoms with Gasteiger partial charge in [0.25, 0.3) is 0 Å². The Kier molecular flexibility index (Phi) is 47.5. The molecule has 0 unspecified atom stereocenters. The van der Waals surface area contributed by atoms with Crippen molar-refractivity contribution in [2.24, 2.45) is 0 Å². The number of aliphatic hydroxyl groups is 3. The smallest absolute Gasteiger partial charge is 0.870 e. The first-order valence-electron chi connectivity index (χ1n) is 3.90. The summed E-state index contributed by atoms with van der Waals surface area (Å²) >= 11 is -3.11. The van der Waals surface area contributed by atoms with E-state index < -0.39 is 11.4 Å². The van der Waals surface area contributed by atoms with Crippen molar-refractivity contribution in [1.29, 1.82) is 0 Å². The van der Waals surface area contributed by atoms with E-state index in [-0.39, 0.29) is 71.9 Å². The first-order valence-corrected chi connectivity index (χ1v) is 4.90. The predicted molar refractivity (Wildman–Crippen MR) is 49.3 cm³/mol. The molecule has 0 saturated heterocycles. The van der Waals surface area contributed by atoms with Gasteiger partial charge in [0.05, 0.1) is 19.8 Å². The first-order chi connectivity index (χ1) is 6.58. The monoisotopic (exact) mass is 332 g/mol. The minimum absolute atomic E-state index is 0. The number of hydrogen-bond acceptors (Lipinski definition) is 8. The topological polar surface area (TPSA) is 157 Å². The Morgan fingerprint density at radius 2 is 1.12 bits per heavy atom. The number of nitrogens with zero attached hydrogens (tertiary/aromatic N) is 1. The van der Waals surface area contributed by atoms with Crippen LogP contribution in [-0.2, 0) is 28.4 Å². The Labute approximate surface area is 136 Å². The van der Waals surface area contributed by atoms with E-state index in [0.717, 1.165) is 0 Å². The maximum atomic E-state index is 8.48. The Balaban J connectivity index is -0.0000000607. The van der Waals surface area contributed by atoms with Crippen molar-refractivity contribution in [3.05, 3.63) is 0 Å². The summed E-state index contributed by atoms with van der Waals surface area (Å²) in [5.41, 5.74) is 0. The minimum atomic E-state index is -3.11. The molecule has 0 aromatic carbocycles. The zero-order valence-corrected chi connectivity index (χ0v) is 13.2. The number of hydrogen-bond donors (Lipinski definition) is 3. The Bertz CT molecular complexity index is 129. The second-order valence-electron chi connectivity index (χ2n) is 2.22. The largest absolute Gasteiger partial charge is 2.00 e. The van der Waals surface area contributed by atoms with Crippen molar-refractivity contribution < 1.29 is 80.7 Å². The van der Waals surface area contributed by atoms with Crippen LogP contribution in [-0.4, -0.2) is 78.5 Å². The number of aliphatic hydroxyl groups excluding tert-OH is 3. The molecule has 8 nitrogen and oxygen atoms in total. The molecule has 0 spiro atoms. The van der Waals surface area contributed by atoms with Crippen molar-refractivity contribution in [3.63, 3.8) is 0 Å². The maximum absolute atomic E-state index is 8.48. The van der Waals surface area contributed by atoms with Crippen molar-refractivity contribution in [2.75, 3.05) is 39.5 Å². The van der Waals surface area contributed by atoms with Crippen LogP contribution in [0.5, 0.6) is 0 Å². The molecule has 0 bridgehead atoms. The van der Waals surface area contributed by atoms with Gasteiger partial charge in [-0.05, 0) is 0 Å². The van der Waals surface area contributed by atoms with Crippen LogP contribution < -0.4 is 29.6 Å². The van der Waals surface area contributed by atoms with Gasteiger partial charge in [-0.2, -0.15) is 0 Å². The average Bonchev–Trinajstić information content (AvgIpc) is 2.04. The molecule has 0 amide bonds. The normalized spacial score (nSPS) is 8.41. The summed E-state index contributed by atoms with van der Waals surface area (Å²) < 4.78 is 25.3. The summed E-state index contributed by atoms with van der Waals surface area (Å²) in [5, 5.41) is 25.5. The van der Waals surface area contributed by atoms with Crippen LogP contribution >= 0.6 is 0 Å². The Morgan fingerprint density at radius 1 is 0.941 bits per heavy atom. The SMILES string of the molecule is O=S([O-])[O-].OCCN(CCO)CCO.[Cu+2].[Na+].[OH-]. The van der Waals surface area contributed by atoms with Gasteiger partial charge in [0, 0.05) is 19.6 Å². The van der Waals surface area contributed by atoms with Gasteiger partial charge < -0.3 is 29.9 Å². The molecule has 0 heterocycles. The molecule has 0 aromatic rings. The second-order valence-corrected chi connectivity index (χ2v) is 2.62. The summed E-state index contributed by atoms with van der Waals surface area (Å²) in [5.74, 6) is 0. The molecule has 0 aliphatic rings. The van der Waals surface area contributed by atoms with Crippen LogP contribution in [0.3, 0.4) is 0 Å². The van der Waals surface area contributed by atoms with Gasteiger partial charge in [-0.1, -0.05) is 0 Å².